The maximum Gasteiger partial charge on any atom is 0.325 e. The van der Waals surface area contributed by atoms with Crippen molar-refractivity contribution in [1.82, 2.24) is 19.7 Å². The van der Waals surface area contributed by atoms with Crippen molar-refractivity contribution < 1.29 is 14.0 Å². The van der Waals surface area contributed by atoms with Crippen molar-refractivity contribution in [3.63, 3.8) is 0 Å². The molecule has 3 amide bonds. The normalized spacial score (nSPS) is 21.0. The van der Waals surface area contributed by atoms with Crippen molar-refractivity contribution in [3.8, 4) is 11.8 Å². The van der Waals surface area contributed by atoms with E-state index in [2.05, 4.69) is 64.1 Å². The zero-order valence-electron chi connectivity index (χ0n) is 20.8. The Morgan fingerprint density at radius 1 is 1.11 bits per heavy atom. The number of aromatic nitrogens is 1. The molecule has 5 rings (SSSR count). The first-order valence-electron chi connectivity index (χ1n) is 12.4. The molecule has 0 unspecified atom stereocenters. The van der Waals surface area contributed by atoms with Crippen LogP contribution in [0.1, 0.15) is 30.9 Å². The smallest absolute Gasteiger partial charge is 0.325 e. The van der Waals surface area contributed by atoms with Gasteiger partial charge in [0.2, 0.25) is 0 Å². The number of imide groups is 1. The number of carbonyl (C=O) groups excluding carboxylic acids is 2. The minimum Gasteiger partial charge on any atom is -0.350 e. The van der Waals surface area contributed by atoms with E-state index >= 15 is 0 Å². The van der Waals surface area contributed by atoms with Gasteiger partial charge in [0.05, 0.1) is 6.54 Å². The second-order valence-electron chi connectivity index (χ2n) is 9.86. The molecule has 1 atom stereocenters. The summed E-state index contributed by atoms with van der Waals surface area (Å²) in [6.07, 6.45) is 3.98. The van der Waals surface area contributed by atoms with Crippen LogP contribution in [0.15, 0.2) is 54.7 Å². The van der Waals surface area contributed by atoms with Crippen molar-refractivity contribution in [2.75, 3.05) is 19.6 Å². The highest BCUT2D eigenvalue weighted by Crippen LogP contribution is 2.37. The average Bonchev–Trinajstić information content (AvgIpc) is 3.31. The van der Waals surface area contributed by atoms with Crippen LogP contribution in [0.25, 0.3) is 10.9 Å². The maximum absolute atomic E-state index is 14.0. The van der Waals surface area contributed by atoms with Crippen LogP contribution in [-0.4, -0.2) is 51.5 Å². The fourth-order valence-corrected chi connectivity index (χ4v) is 5.83. The molecule has 186 valence electrons. The van der Waals surface area contributed by atoms with Gasteiger partial charge in [0.15, 0.2) is 0 Å². The molecule has 1 aromatic heterocycles. The highest BCUT2D eigenvalue weighted by molar-refractivity contribution is 6.07. The summed E-state index contributed by atoms with van der Waals surface area (Å²) < 4.78 is 16.1. The van der Waals surface area contributed by atoms with Crippen LogP contribution in [0.2, 0.25) is 0 Å². The number of amides is 3. The quantitative estimate of drug-likeness (QED) is 0.422. The average molecular weight is 487 g/mol. The van der Waals surface area contributed by atoms with E-state index in [-0.39, 0.29) is 30.6 Å². The molecule has 0 saturated carbocycles. The first-order chi connectivity index (χ1) is 17.4. The lowest BCUT2D eigenvalue weighted by molar-refractivity contribution is -0.133. The van der Waals surface area contributed by atoms with E-state index in [9.17, 15) is 14.0 Å². The van der Waals surface area contributed by atoms with E-state index < -0.39 is 11.6 Å². The van der Waals surface area contributed by atoms with Crippen molar-refractivity contribution in [3.05, 3.63) is 71.7 Å². The fraction of sp³-hybridized carbons (Fsp3) is 0.379. The van der Waals surface area contributed by atoms with Crippen LogP contribution in [0, 0.1) is 23.6 Å². The van der Waals surface area contributed by atoms with Crippen LogP contribution in [0.4, 0.5) is 9.18 Å². The van der Waals surface area contributed by atoms with Crippen LogP contribution in [0.3, 0.4) is 0 Å². The molecule has 2 aliphatic rings. The Morgan fingerprint density at radius 2 is 1.89 bits per heavy atom. The fourth-order valence-electron chi connectivity index (χ4n) is 5.83. The number of nitrogens with one attached hydrogen (secondary N) is 1. The van der Waals surface area contributed by atoms with E-state index in [1.165, 1.54) is 33.5 Å². The zero-order chi connectivity index (χ0) is 25.3. The molecule has 2 fully saturated rings. The summed E-state index contributed by atoms with van der Waals surface area (Å²) in [4.78, 5) is 30.2. The van der Waals surface area contributed by atoms with Crippen LogP contribution < -0.4 is 5.32 Å². The molecular formula is C29H31FN4O2. The van der Waals surface area contributed by atoms with Crippen LogP contribution >= 0.6 is 0 Å². The first-order valence-corrected chi connectivity index (χ1v) is 12.4. The molecule has 0 bridgehead atoms. The van der Waals surface area contributed by atoms with Gasteiger partial charge in [-0.1, -0.05) is 36.3 Å². The van der Waals surface area contributed by atoms with Gasteiger partial charge in [-0.3, -0.25) is 14.6 Å². The number of nitrogens with zero attached hydrogens (tertiary/aromatic N) is 3. The maximum atomic E-state index is 14.0. The largest absolute Gasteiger partial charge is 0.350 e. The summed E-state index contributed by atoms with van der Waals surface area (Å²) in [5.41, 5.74) is 2.11. The van der Waals surface area contributed by atoms with Crippen LogP contribution in [0.5, 0.6) is 0 Å². The lowest BCUT2D eigenvalue weighted by Crippen LogP contribution is -2.57. The minimum atomic E-state index is -1.09. The van der Waals surface area contributed by atoms with Gasteiger partial charge >= 0.3 is 6.03 Å². The monoisotopic (exact) mass is 486 g/mol. The van der Waals surface area contributed by atoms with Gasteiger partial charge in [-0.15, -0.1) is 5.92 Å². The molecule has 3 heterocycles. The number of hydrogen-bond donors (Lipinski definition) is 1. The molecule has 2 aromatic carbocycles. The van der Waals surface area contributed by atoms with E-state index in [1.807, 2.05) is 6.07 Å². The van der Waals surface area contributed by atoms with E-state index in [1.54, 1.807) is 13.0 Å². The third kappa shape index (κ3) is 4.38. The van der Waals surface area contributed by atoms with Gasteiger partial charge in [0.1, 0.15) is 11.4 Å². The van der Waals surface area contributed by atoms with E-state index in [0.29, 0.717) is 5.56 Å². The number of carbonyl (C=O) groups is 2. The molecule has 2 saturated heterocycles. The highest BCUT2D eigenvalue weighted by atomic mass is 19.1. The highest BCUT2D eigenvalue weighted by Gasteiger charge is 2.55. The summed E-state index contributed by atoms with van der Waals surface area (Å²) in [6, 6.07) is 14.3. The van der Waals surface area contributed by atoms with Crippen molar-refractivity contribution >= 4 is 22.8 Å². The van der Waals surface area contributed by atoms with Crippen molar-refractivity contribution in [2.45, 2.75) is 38.3 Å². The molecule has 0 radical (unpaired) electrons. The third-order valence-corrected chi connectivity index (χ3v) is 7.65. The number of fused-ring (bicyclic) bond motifs is 1. The molecule has 6 nitrogen and oxygen atoms in total. The molecular weight excluding hydrogens is 455 g/mol. The number of halogens is 1. The Hall–Kier alpha value is -3.63. The second-order valence-corrected chi connectivity index (χ2v) is 9.86. The number of urea groups is 1. The van der Waals surface area contributed by atoms with Gasteiger partial charge in [-0.25, -0.2) is 9.18 Å². The first kappa shape index (κ1) is 24.1. The summed E-state index contributed by atoms with van der Waals surface area (Å²) in [7, 11) is 2.07. The number of rotatable bonds is 6. The summed E-state index contributed by atoms with van der Waals surface area (Å²) in [6.45, 7) is 4.22. The topological polar surface area (TPSA) is 57.6 Å². The standard InChI is InChI=1S/C29H31FN4O2/c1-3-4-14-34-27(35)29(31-28(34)36,18-21-8-7-9-24(30)17-21)23-12-15-33(16-13-23)20-22-19-32(2)26-11-6-5-10-25(22)26/h5-11,17,19,23H,12-16,18,20H2,1-2H3,(H,31,36)/t29-/m1/s1. The number of likely N-dealkylation sites (tertiary alicyclic amines) is 1. The van der Waals surface area contributed by atoms with Crippen molar-refractivity contribution in [1.29, 1.82) is 0 Å². The lowest BCUT2D eigenvalue weighted by Gasteiger charge is -2.41. The van der Waals surface area contributed by atoms with Crippen molar-refractivity contribution in [2.24, 2.45) is 13.0 Å². The molecule has 3 aromatic rings. The van der Waals surface area contributed by atoms with Gasteiger partial charge in [-0.05, 0) is 68.1 Å². The summed E-state index contributed by atoms with van der Waals surface area (Å²) in [5.74, 6) is 4.94. The number of piperidine rings is 1. The predicted octanol–water partition coefficient (Wildman–Crippen LogP) is 4.09. The Balaban J connectivity index is 1.37. The Labute approximate surface area is 211 Å². The molecule has 0 aliphatic carbocycles. The number of aryl methyl sites for hydroxylation is 1. The molecule has 36 heavy (non-hydrogen) atoms. The number of benzene rings is 2. The molecule has 2 aliphatic heterocycles. The second kappa shape index (κ2) is 9.79. The van der Waals surface area contributed by atoms with Gasteiger partial charge in [0, 0.05) is 37.1 Å². The Kier molecular flexibility index (Phi) is 6.55. The number of para-hydroxylation sites is 1. The predicted molar refractivity (Wildman–Crippen MR) is 137 cm³/mol. The van der Waals surface area contributed by atoms with Gasteiger partial charge in [-0.2, -0.15) is 0 Å². The lowest BCUT2D eigenvalue weighted by atomic mass is 9.74. The summed E-state index contributed by atoms with van der Waals surface area (Å²) >= 11 is 0. The van der Waals surface area contributed by atoms with Gasteiger partial charge in [0.25, 0.3) is 5.91 Å². The number of hydrogen-bond acceptors (Lipinski definition) is 3. The van der Waals surface area contributed by atoms with E-state index in [0.717, 1.165) is 32.5 Å². The molecule has 7 heteroatoms. The Bertz CT molecular complexity index is 1360. The zero-order valence-corrected chi connectivity index (χ0v) is 20.8. The third-order valence-electron chi connectivity index (χ3n) is 7.65. The SMILES string of the molecule is CC#CCN1C(=O)N[C@](Cc2cccc(F)c2)(C2CCN(Cc3cn(C)c4ccccc34)CC2)C1=O. The minimum absolute atomic E-state index is 0.0550. The molecule has 0 spiro atoms. The molecule has 1 N–H and O–H groups in total. The Morgan fingerprint density at radius 3 is 2.64 bits per heavy atom. The summed E-state index contributed by atoms with van der Waals surface area (Å²) in [5, 5.41) is 4.29. The van der Waals surface area contributed by atoms with Crippen LogP contribution in [-0.2, 0) is 24.8 Å². The van der Waals surface area contributed by atoms with Gasteiger partial charge < -0.3 is 9.88 Å². The van der Waals surface area contributed by atoms with E-state index in [4.69, 9.17) is 0 Å².